The minimum atomic E-state index is 0.556. The molecule has 90 valence electrons. The zero-order valence-corrected chi connectivity index (χ0v) is 10.6. The number of aromatic nitrogens is 1. The summed E-state index contributed by atoms with van der Waals surface area (Å²) in [5, 5.41) is 0. The fourth-order valence-electron chi connectivity index (χ4n) is 1.74. The monoisotopic (exact) mass is 221 g/mol. The highest BCUT2D eigenvalue weighted by Crippen LogP contribution is 2.18. The first-order chi connectivity index (χ1) is 7.72. The van der Waals surface area contributed by atoms with Gasteiger partial charge in [0.1, 0.15) is 5.82 Å². The van der Waals surface area contributed by atoms with Crippen LogP contribution < -0.4 is 10.6 Å². The van der Waals surface area contributed by atoms with Crippen molar-refractivity contribution in [1.29, 1.82) is 0 Å². The fraction of sp³-hybridized carbons (Fsp3) is 0.615. The Balaban J connectivity index is 2.85. The van der Waals surface area contributed by atoms with Gasteiger partial charge in [0.25, 0.3) is 0 Å². The van der Waals surface area contributed by atoms with Gasteiger partial charge in [-0.1, -0.05) is 26.3 Å². The number of nitrogens with zero attached hydrogens (tertiary/aromatic N) is 2. The normalized spacial score (nSPS) is 12.5. The first-order valence-electron chi connectivity index (χ1n) is 6.11. The lowest BCUT2D eigenvalue weighted by Crippen LogP contribution is -2.30. The summed E-state index contributed by atoms with van der Waals surface area (Å²) < 4.78 is 0. The van der Waals surface area contributed by atoms with Gasteiger partial charge < -0.3 is 10.6 Å². The molecule has 0 bridgehead atoms. The van der Waals surface area contributed by atoms with E-state index in [1.807, 2.05) is 12.3 Å². The van der Waals surface area contributed by atoms with Crippen molar-refractivity contribution < 1.29 is 0 Å². The maximum atomic E-state index is 5.74. The molecule has 1 aromatic heterocycles. The number of hydrogen-bond acceptors (Lipinski definition) is 3. The van der Waals surface area contributed by atoms with Crippen LogP contribution in [-0.2, 0) is 6.54 Å². The lowest BCUT2D eigenvalue weighted by molar-refractivity contribution is 0.544. The summed E-state index contributed by atoms with van der Waals surface area (Å²) >= 11 is 0. The fourth-order valence-corrected chi connectivity index (χ4v) is 1.74. The summed E-state index contributed by atoms with van der Waals surface area (Å²) in [5.41, 5.74) is 6.87. The first-order valence-corrected chi connectivity index (χ1v) is 6.11. The van der Waals surface area contributed by atoms with E-state index in [4.69, 9.17) is 5.73 Å². The molecule has 0 saturated carbocycles. The van der Waals surface area contributed by atoms with Gasteiger partial charge in [-0.05, 0) is 18.9 Å². The molecular weight excluding hydrogens is 198 g/mol. The Bertz CT molecular complexity index is 312. The molecule has 0 aliphatic heterocycles. The molecule has 1 unspecified atom stereocenters. The maximum absolute atomic E-state index is 5.74. The summed E-state index contributed by atoms with van der Waals surface area (Å²) in [4.78, 5) is 6.77. The van der Waals surface area contributed by atoms with Crippen LogP contribution in [0.2, 0.25) is 0 Å². The predicted octanol–water partition coefficient (Wildman–Crippen LogP) is 2.41. The summed E-state index contributed by atoms with van der Waals surface area (Å²) in [7, 11) is 0. The van der Waals surface area contributed by atoms with Crippen molar-refractivity contribution in [2.45, 2.75) is 33.7 Å². The molecule has 1 heterocycles. The Morgan fingerprint density at radius 3 is 2.75 bits per heavy atom. The van der Waals surface area contributed by atoms with Crippen molar-refractivity contribution in [3.05, 3.63) is 23.9 Å². The van der Waals surface area contributed by atoms with E-state index in [-0.39, 0.29) is 0 Å². The Hall–Kier alpha value is -1.09. The van der Waals surface area contributed by atoms with E-state index in [2.05, 4.69) is 36.7 Å². The van der Waals surface area contributed by atoms with E-state index in [0.717, 1.165) is 24.5 Å². The molecule has 0 aliphatic carbocycles. The van der Waals surface area contributed by atoms with Crippen LogP contribution in [0.15, 0.2) is 18.3 Å². The molecule has 0 aliphatic rings. The molecule has 2 N–H and O–H groups in total. The third kappa shape index (κ3) is 3.20. The molecule has 0 saturated heterocycles. The number of hydrogen-bond donors (Lipinski definition) is 1. The van der Waals surface area contributed by atoms with Crippen LogP contribution in [0.3, 0.4) is 0 Å². The minimum Gasteiger partial charge on any atom is -0.356 e. The molecular formula is C13H23N3. The SMILES string of the molecule is CCC(C)CN(CC)c1ncccc1CN. The van der Waals surface area contributed by atoms with Crippen LogP contribution >= 0.6 is 0 Å². The van der Waals surface area contributed by atoms with Crippen molar-refractivity contribution in [2.75, 3.05) is 18.0 Å². The molecule has 0 spiro atoms. The Morgan fingerprint density at radius 1 is 1.44 bits per heavy atom. The van der Waals surface area contributed by atoms with Crippen LogP contribution in [0.4, 0.5) is 5.82 Å². The molecule has 1 rings (SSSR count). The van der Waals surface area contributed by atoms with Crippen molar-refractivity contribution in [3.8, 4) is 0 Å². The zero-order chi connectivity index (χ0) is 12.0. The molecule has 1 atom stereocenters. The lowest BCUT2D eigenvalue weighted by atomic mass is 10.1. The average Bonchev–Trinajstić information content (AvgIpc) is 2.35. The molecule has 0 aromatic carbocycles. The standard InChI is InChI=1S/C13H23N3/c1-4-11(3)10-16(5-2)13-12(9-14)7-6-8-15-13/h6-8,11H,4-5,9-10,14H2,1-3H3. The predicted molar refractivity (Wildman–Crippen MR) is 69.5 cm³/mol. The summed E-state index contributed by atoms with van der Waals surface area (Å²) in [6.45, 7) is 9.25. The average molecular weight is 221 g/mol. The van der Waals surface area contributed by atoms with E-state index in [1.54, 1.807) is 0 Å². The van der Waals surface area contributed by atoms with E-state index in [0.29, 0.717) is 12.5 Å². The van der Waals surface area contributed by atoms with Gasteiger partial charge in [-0.2, -0.15) is 0 Å². The second kappa shape index (κ2) is 6.48. The number of pyridine rings is 1. The largest absolute Gasteiger partial charge is 0.356 e. The number of rotatable bonds is 6. The van der Waals surface area contributed by atoms with Gasteiger partial charge in [-0.3, -0.25) is 0 Å². The van der Waals surface area contributed by atoms with Crippen LogP contribution in [0, 0.1) is 5.92 Å². The van der Waals surface area contributed by atoms with E-state index < -0.39 is 0 Å². The first kappa shape index (κ1) is 13.0. The lowest BCUT2D eigenvalue weighted by Gasteiger charge is -2.26. The minimum absolute atomic E-state index is 0.556. The van der Waals surface area contributed by atoms with Crippen molar-refractivity contribution in [3.63, 3.8) is 0 Å². The van der Waals surface area contributed by atoms with Crippen molar-refractivity contribution in [1.82, 2.24) is 4.98 Å². The van der Waals surface area contributed by atoms with Gasteiger partial charge in [0.05, 0.1) is 0 Å². The summed E-state index contributed by atoms with van der Waals surface area (Å²) in [6, 6.07) is 4.00. The van der Waals surface area contributed by atoms with Gasteiger partial charge in [0.15, 0.2) is 0 Å². The highest BCUT2D eigenvalue weighted by atomic mass is 15.2. The molecule has 0 radical (unpaired) electrons. The van der Waals surface area contributed by atoms with Gasteiger partial charge in [0.2, 0.25) is 0 Å². The molecule has 16 heavy (non-hydrogen) atoms. The third-order valence-electron chi connectivity index (χ3n) is 3.00. The van der Waals surface area contributed by atoms with E-state index in [1.165, 1.54) is 6.42 Å². The maximum Gasteiger partial charge on any atom is 0.132 e. The molecule has 3 nitrogen and oxygen atoms in total. The van der Waals surface area contributed by atoms with Crippen LogP contribution in [0.1, 0.15) is 32.8 Å². The summed E-state index contributed by atoms with van der Waals surface area (Å²) in [6.07, 6.45) is 3.04. The Morgan fingerprint density at radius 2 is 2.19 bits per heavy atom. The van der Waals surface area contributed by atoms with Gasteiger partial charge >= 0.3 is 0 Å². The quantitative estimate of drug-likeness (QED) is 0.802. The third-order valence-corrected chi connectivity index (χ3v) is 3.00. The molecule has 0 fully saturated rings. The molecule has 3 heteroatoms. The van der Waals surface area contributed by atoms with Gasteiger partial charge in [-0.15, -0.1) is 0 Å². The number of anilines is 1. The molecule has 0 amide bonds. The smallest absolute Gasteiger partial charge is 0.132 e. The number of nitrogens with two attached hydrogens (primary N) is 1. The highest BCUT2D eigenvalue weighted by Gasteiger charge is 2.12. The van der Waals surface area contributed by atoms with E-state index >= 15 is 0 Å². The zero-order valence-electron chi connectivity index (χ0n) is 10.6. The van der Waals surface area contributed by atoms with Crippen molar-refractivity contribution >= 4 is 5.82 Å². The Labute approximate surface area is 98.7 Å². The second-order valence-corrected chi connectivity index (χ2v) is 4.24. The van der Waals surface area contributed by atoms with Crippen LogP contribution in [-0.4, -0.2) is 18.1 Å². The van der Waals surface area contributed by atoms with Crippen LogP contribution in [0.5, 0.6) is 0 Å². The van der Waals surface area contributed by atoms with E-state index in [9.17, 15) is 0 Å². The van der Waals surface area contributed by atoms with Crippen LogP contribution in [0.25, 0.3) is 0 Å². The van der Waals surface area contributed by atoms with Gasteiger partial charge in [0, 0.05) is 31.4 Å². The second-order valence-electron chi connectivity index (χ2n) is 4.24. The highest BCUT2D eigenvalue weighted by molar-refractivity contribution is 5.46. The summed E-state index contributed by atoms with van der Waals surface area (Å²) in [5.74, 6) is 1.74. The Kier molecular flexibility index (Phi) is 5.26. The topological polar surface area (TPSA) is 42.2 Å². The van der Waals surface area contributed by atoms with Gasteiger partial charge in [-0.25, -0.2) is 4.98 Å². The van der Waals surface area contributed by atoms with Crippen molar-refractivity contribution in [2.24, 2.45) is 11.7 Å². The molecule has 1 aromatic rings.